The van der Waals surface area contributed by atoms with E-state index >= 15 is 0 Å². The van der Waals surface area contributed by atoms with Crippen LogP contribution in [0.5, 0.6) is 0 Å². The van der Waals surface area contributed by atoms with E-state index in [4.69, 9.17) is 25.8 Å². The zero-order chi connectivity index (χ0) is 18.8. The first kappa shape index (κ1) is 18.2. The summed E-state index contributed by atoms with van der Waals surface area (Å²) >= 11 is 6.26. The van der Waals surface area contributed by atoms with Crippen LogP contribution in [0, 0.1) is 6.92 Å². The number of rotatable bonds is 5. The standard InChI is InChI=1S/C19H22ClN5O2/c1-13-15(20)5-3-14-4-6-17(22-19(13)14)25-9-7-24(8-10-25)11-18-21-16(12-26-2)23-27-18/h3-6H,7-12H2,1-2H3. The molecule has 7 nitrogen and oxygen atoms in total. The molecule has 8 heteroatoms. The van der Waals surface area contributed by atoms with Crippen LogP contribution in [0.15, 0.2) is 28.8 Å². The number of piperazine rings is 1. The minimum atomic E-state index is 0.369. The van der Waals surface area contributed by atoms with Gasteiger partial charge in [-0.1, -0.05) is 22.8 Å². The van der Waals surface area contributed by atoms with Gasteiger partial charge in [0.05, 0.1) is 12.1 Å². The van der Waals surface area contributed by atoms with Crippen molar-refractivity contribution < 1.29 is 9.26 Å². The summed E-state index contributed by atoms with van der Waals surface area (Å²) in [5.41, 5.74) is 2.00. The second kappa shape index (κ2) is 7.80. The maximum atomic E-state index is 6.26. The number of hydrogen-bond acceptors (Lipinski definition) is 7. The van der Waals surface area contributed by atoms with Gasteiger partial charge in [-0.3, -0.25) is 4.90 Å². The molecule has 142 valence electrons. The highest BCUT2D eigenvalue weighted by atomic mass is 35.5. The van der Waals surface area contributed by atoms with E-state index in [1.54, 1.807) is 7.11 Å². The molecule has 1 aromatic carbocycles. The lowest BCUT2D eigenvalue weighted by Crippen LogP contribution is -2.46. The Balaban J connectivity index is 1.41. The van der Waals surface area contributed by atoms with Crippen LogP contribution in [0.1, 0.15) is 17.3 Å². The number of pyridine rings is 1. The molecule has 4 rings (SSSR count). The Morgan fingerprint density at radius 3 is 2.67 bits per heavy atom. The molecular formula is C19H22ClN5O2. The van der Waals surface area contributed by atoms with Gasteiger partial charge in [0.25, 0.3) is 0 Å². The summed E-state index contributed by atoms with van der Waals surface area (Å²) in [6, 6.07) is 8.14. The highest BCUT2D eigenvalue weighted by Gasteiger charge is 2.20. The van der Waals surface area contributed by atoms with E-state index in [-0.39, 0.29) is 0 Å². The molecule has 0 radical (unpaired) electrons. The third-order valence-corrected chi connectivity index (χ3v) is 5.28. The van der Waals surface area contributed by atoms with E-state index in [1.807, 2.05) is 19.1 Å². The predicted molar refractivity (Wildman–Crippen MR) is 104 cm³/mol. The lowest BCUT2D eigenvalue weighted by atomic mass is 10.1. The number of hydrogen-bond donors (Lipinski definition) is 0. The number of nitrogens with zero attached hydrogens (tertiary/aromatic N) is 5. The maximum absolute atomic E-state index is 6.26. The minimum absolute atomic E-state index is 0.369. The van der Waals surface area contributed by atoms with Crippen LogP contribution in [0.2, 0.25) is 5.02 Å². The molecule has 0 saturated carbocycles. The van der Waals surface area contributed by atoms with Crippen molar-refractivity contribution in [2.45, 2.75) is 20.1 Å². The lowest BCUT2D eigenvalue weighted by Gasteiger charge is -2.34. The minimum Gasteiger partial charge on any atom is -0.377 e. The van der Waals surface area contributed by atoms with Crippen LogP contribution in [-0.4, -0.2) is 53.3 Å². The second-order valence-electron chi connectivity index (χ2n) is 6.71. The summed E-state index contributed by atoms with van der Waals surface area (Å²) < 4.78 is 10.3. The van der Waals surface area contributed by atoms with Crippen molar-refractivity contribution in [1.82, 2.24) is 20.0 Å². The Hall–Kier alpha value is -2.22. The van der Waals surface area contributed by atoms with Gasteiger partial charge in [0, 0.05) is 43.7 Å². The SMILES string of the molecule is COCc1noc(CN2CCN(c3ccc4ccc(Cl)c(C)c4n3)CC2)n1. The molecule has 1 aliphatic rings. The molecule has 0 N–H and O–H groups in total. The van der Waals surface area contributed by atoms with Gasteiger partial charge in [-0.05, 0) is 30.7 Å². The first-order chi connectivity index (χ1) is 13.1. The van der Waals surface area contributed by atoms with Crippen molar-refractivity contribution >= 4 is 28.3 Å². The summed E-state index contributed by atoms with van der Waals surface area (Å²) in [4.78, 5) is 13.8. The van der Waals surface area contributed by atoms with Gasteiger partial charge in [-0.2, -0.15) is 4.98 Å². The van der Waals surface area contributed by atoms with E-state index in [9.17, 15) is 0 Å². The maximum Gasteiger partial charge on any atom is 0.240 e. The number of benzene rings is 1. The fraction of sp³-hybridized carbons (Fsp3) is 0.421. The first-order valence-corrected chi connectivity index (χ1v) is 9.35. The quantitative estimate of drug-likeness (QED) is 0.666. The molecule has 1 aliphatic heterocycles. The van der Waals surface area contributed by atoms with Gasteiger partial charge in [0.1, 0.15) is 12.4 Å². The smallest absolute Gasteiger partial charge is 0.240 e. The van der Waals surface area contributed by atoms with Crippen molar-refractivity contribution in [1.29, 1.82) is 0 Å². The molecule has 3 aromatic rings. The Kier molecular flexibility index (Phi) is 5.24. The highest BCUT2D eigenvalue weighted by Crippen LogP contribution is 2.26. The van der Waals surface area contributed by atoms with Crippen molar-refractivity contribution in [3.63, 3.8) is 0 Å². The molecule has 3 heterocycles. The molecule has 0 bridgehead atoms. The number of fused-ring (bicyclic) bond motifs is 1. The molecule has 1 saturated heterocycles. The van der Waals surface area contributed by atoms with E-state index in [0.717, 1.165) is 53.5 Å². The molecule has 1 fully saturated rings. The Morgan fingerprint density at radius 1 is 1.11 bits per heavy atom. The molecule has 0 aliphatic carbocycles. The number of ether oxygens (including phenoxy) is 1. The van der Waals surface area contributed by atoms with Crippen molar-refractivity contribution in [3.05, 3.63) is 46.6 Å². The number of aryl methyl sites for hydroxylation is 1. The Bertz CT molecular complexity index is 937. The fourth-order valence-electron chi connectivity index (χ4n) is 3.34. The zero-order valence-corrected chi connectivity index (χ0v) is 16.2. The summed E-state index contributed by atoms with van der Waals surface area (Å²) in [6.07, 6.45) is 0. The summed E-state index contributed by atoms with van der Waals surface area (Å²) in [5, 5.41) is 5.78. The summed E-state index contributed by atoms with van der Waals surface area (Å²) in [7, 11) is 1.62. The van der Waals surface area contributed by atoms with Crippen LogP contribution in [0.4, 0.5) is 5.82 Å². The van der Waals surface area contributed by atoms with E-state index in [1.165, 1.54) is 0 Å². The Morgan fingerprint density at radius 2 is 1.89 bits per heavy atom. The summed E-state index contributed by atoms with van der Waals surface area (Å²) in [6.45, 7) is 6.67. The van der Waals surface area contributed by atoms with Gasteiger partial charge in [0.2, 0.25) is 5.89 Å². The van der Waals surface area contributed by atoms with Crippen molar-refractivity contribution in [2.75, 3.05) is 38.2 Å². The topological polar surface area (TPSA) is 67.5 Å². The second-order valence-corrected chi connectivity index (χ2v) is 7.12. The van der Waals surface area contributed by atoms with E-state index in [2.05, 4.69) is 32.1 Å². The van der Waals surface area contributed by atoms with E-state index in [0.29, 0.717) is 24.9 Å². The van der Waals surface area contributed by atoms with Crippen LogP contribution >= 0.6 is 11.6 Å². The number of methoxy groups -OCH3 is 1. The van der Waals surface area contributed by atoms with Crippen molar-refractivity contribution in [2.24, 2.45) is 0 Å². The van der Waals surface area contributed by atoms with Gasteiger partial charge in [-0.15, -0.1) is 0 Å². The number of anilines is 1. The number of aromatic nitrogens is 3. The molecule has 27 heavy (non-hydrogen) atoms. The zero-order valence-electron chi connectivity index (χ0n) is 15.5. The molecule has 0 amide bonds. The monoisotopic (exact) mass is 387 g/mol. The normalized spacial score (nSPS) is 15.6. The molecule has 0 spiro atoms. The van der Waals surface area contributed by atoms with Crippen LogP contribution in [0.3, 0.4) is 0 Å². The van der Waals surface area contributed by atoms with Gasteiger partial charge in [0.15, 0.2) is 5.82 Å². The third kappa shape index (κ3) is 3.90. The molecular weight excluding hydrogens is 366 g/mol. The van der Waals surface area contributed by atoms with Crippen molar-refractivity contribution in [3.8, 4) is 0 Å². The fourth-order valence-corrected chi connectivity index (χ4v) is 3.49. The average Bonchev–Trinajstić information content (AvgIpc) is 3.12. The van der Waals surface area contributed by atoms with Crippen LogP contribution < -0.4 is 4.90 Å². The van der Waals surface area contributed by atoms with Gasteiger partial charge >= 0.3 is 0 Å². The molecule has 2 aromatic heterocycles. The van der Waals surface area contributed by atoms with Crippen LogP contribution in [-0.2, 0) is 17.9 Å². The highest BCUT2D eigenvalue weighted by molar-refractivity contribution is 6.32. The third-order valence-electron chi connectivity index (χ3n) is 4.87. The van der Waals surface area contributed by atoms with Gasteiger partial charge < -0.3 is 14.2 Å². The largest absolute Gasteiger partial charge is 0.377 e. The predicted octanol–water partition coefficient (Wildman–Crippen LogP) is 3.05. The molecule has 0 atom stereocenters. The van der Waals surface area contributed by atoms with Crippen LogP contribution in [0.25, 0.3) is 10.9 Å². The Labute approximate surface area is 162 Å². The summed E-state index contributed by atoms with van der Waals surface area (Å²) in [5.74, 6) is 2.21. The molecule has 0 unspecified atom stereocenters. The number of halogens is 1. The van der Waals surface area contributed by atoms with E-state index < -0.39 is 0 Å². The first-order valence-electron chi connectivity index (χ1n) is 8.97. The lowest BCUT2D eigenvalue weighted by molar-refractivity contribution is 0.174. The van der Waals surface area contributed by atoms with Gasteiger partial charge in [-0.25, -0.2) is 4.98 Å². The average molecular weight is 388 g/mol.